The van der Waals surface area contributed by atoms with Gasteiger partial charge in [-0.3, -0.25) is 4.79 Å². The van der Waals surface area contributed by atoms with Gasteiger partial charge >= 0.3 is 0 Å². The van der Waals surface area contributed by atoms with Crippen molar-refractivity contribution >= 4 is 32.2 Å². The molecule has 0 aromatic carbocycles. The van der Waals surface area contributed by atoms with E-state index in [-0.39, 0.29) is 12.2 Å². The van der Waals surface area contributed by atoms with Gasteiger partial charge in [-0.25, -0.2) is 13.4 Å². The minimum Gasteiger partial charge on any atom is -0.320 e. The van der Waals surface area contributed by atoms with E-state index < -0.39 is 21.8 Å². The van der Waals surface area contributed by atoms with Crippen LogP contribution in [-0.2, 0) is 21.1 Å². The Bertz CT molecular complexity index is 552. The van der Waals surface area contributed by atoms with Crippen LogP contribution in [0.3, 0.4) is 0 Å². The van der Waals surface area contributed by atoms with E-state index in [1.54, 1.807) is 0 Å². The Morgan fingerprint density at radius 3 is 2.63 bits per heavy atom. The smallest absolute Gasteiger partial charge is 0.243 e. The van der Waals surface area contributed by atoms with Crippen molar-refractivity contribution in [1.82, 2.24) is 4.98 Å². The van der Waals surface area contributed by atoms with Gasteiger partial charge in [-0.2, -0.15) is 0 Å². The van der Waals surface area contributed by atoms with Crippen LogP contribution in [0.1, 0.15) is 23.9 Å². The Morgan fingerprint density at radius 2 is 2.16 bits per heavy atom. The Hall–Kier alpha value is -0.990. The molecular weight excluding hydrogens is 286 g/mol. The van der Waals surface area contributed by atoms with Gasteiger partial charge in [0.05, 0.1) is 17.5 Å². The van der Waals surface area contributed by atoms with Crippen LogP contribution in [0.4, 0.5) is 5.13 Å². The van der Waals surface area contributed by atoms with Crippen LogP contribution in [0.15, 0.2) is 0 Å². The zero-order valence-electron chi connectivity index (χ0n) is 11.3. The van der Waals surface area contributed by atoms with Crippen molar-refractivity contribution < 1.29 is 13.2 Å². The second kappa shape index (κ2) is 6.44. The lowest BCUT2D eigenvalue weighted by molar-refractivity contribution is -0.117. The number of nitrogens with zero attached hydrogens (tertiary/aromatic N) is 1. The summed E-state index contributed by atoms with van der Waals surface area (Å²) >= 11 is 1.39. The van der Waals surface area contributed by atoms with Crippen molar-refractivity contribution in [3.05, 3.63) is 10.6 Å². The number of rotatable bonds is 6. The molecule has 1 unspecified atom stereocenters. The van der Waals surface area contributed by atoms with Crippen LogP contribution in [0.25, 0.3) is 0 Å². The summed E-state index contributed by atoms with van der Waals surface area (Å²) in [6, 6.07) is -0.844. The topological polar surface area (TPSA) is 102 Å². The van der Waals surface area contributed by atoms with E-state index in [0.717, 1.165) is 23.2 Å². The molecule has 1 atom stereocenters. The van der Waals surface area contributed by atoms with Gasteiger partial charge in [-0.1, -0.05) is 6.92 Å². The number of nitrogens with two attached hydrogens (primary N) is 1. The van der Waals surface area contributed by atoms with E-state index in [4.69, 9.17) is 5.73 Å². The van der Waals surface area contributed by atoms with Crippen molar-refractivity contribution in [3.8, 4) is 0 Å². The van der Waals surface area contributed by atoms with E-state index in [0.29, 0.717) is 5.13 Å². The molecule has 1 rings (SSSR count). The molecule has 3 N–H and O–H groups in total. The SMILES string of the molecule is CCc1nc(NC(=O)C(N)CCS(C)(=O)=O)sc1C. The maximum Gasteiger partial charge on any atom is 0.243 e. The number of aryl methyl sites for hydroxylation is 2. The molecule has 0 aliphatic carbocycles. The van der Waals surface area contributed by atoms with Gasteiger partial charge < -0.3 is 11.1 Å². The first-order valence-corrected chi connectivity index (χ1v) is 8.81. The van der Waals surface area contributed by atoms with Gasteiger partial charge in [0.25, 0.3) is 0 Å². The highest BCUT2D eigenvalue weighted by atomic mass is 32.2. The average Bonchev–Trinajstić information content (AvgIpc) is 2.65. The molecule has 0 spiro atoms. The predicted molar refractivity (Wildman–Crippen MR) is 77.2 cm³/mol. The number of carbonyl (C=O) groups is 1. The molecule has 0 fully saturated rings. The molecule has 0 aliphatic rings. The molecule has 19 heavy (non-hydrogen) atoms. The van der Waals surface area contributed by atoms with Gasteiger partial charge in [-0.15, -0.1) is 11.3 Å². The van der Waals surface area contributed by atoms with Gasteiger partial charge in [0.2, 0.25) is 5.91 Å². The summed E-state index contributed by atoms with van der Waals surface area (Å²) in [6.07, 6.45) is 2.03. The number of hydrogen-bond donors (Lipinski definition) is 2. The highest BCUT2D eigenvalue weighted by molar-refractivity contribution is 7.90. The Labute approximate surface area is 117 Å². The molecule has 1 aromatic rings. The van der Waals surface area contributed by atoms with Crippen molar-refractivity contribution in [2.24, 2.45) is 5.73 Å². The van der Waals surface area contributed by atoms with Gasteiger partial charge in [-0.05, 0) is 19.8 Å². The van der Waals surface area contributed by atoms with Gasteiger partial charge in [0, 0.05) is 11.1 Å². The molecule has 1 aromatic heterocycles. The number of amides is 1. The van der Waals surface area contributed by atoms with Crippen LogP contribution in [0.2, 0.25) is 0 Å². The third kappa shape index (κ3) is 5.25. The summed E-state index contributed by atoms with van der Waals surface area (Å²) in [4.78, 5) is 17.1. The van der Waals surface area contributed by atoms with E-state index in [1.807, 2.05) is 13.8 Å². The van der Waals surface area contributed by atoms with Crippen molar-refractivity contribution in [3.63, 3.8) is 0 Å². The van der Waals surface area contributed by atoms with E-state index in [1.165, 1.54) is 11.3 Å². The summed E-state index contributed by atoms with van der Waals surface area (Å²) in [5.41, 5.74) is 6.60. The maximum absolute atomic E-state index is 11.8. The van der Waals surface area contributed by atoms with Crippen molar-refractivity contribution in [2.45, 2.75) is 32.7 Å². The molecule has 0 aliphatic heterocycles. The lowest BCUT2D eigenvalue weighted by Gasteiger charge is -2.09. The number of hydrogen-bond acceptors (Lipinski definition) is 6. The minimum absolute atomic E-state index is 0.0985. The molecular formula is C11H19N3O3S2. The first kappa shape index (κ1) is 16.1. The lowest BCUT2D eigenvalue weighted by Crippen LogP contribution is -2.37. The van der Waals surface area contributed by atoms with Crippen molar-refractivity contribution in [2.75, 3.05) is 17.3 Å². The van der Waals surface area contributed by atoms with Gasteiger partial charge in [0.1, 0.15) is 9.84 Å². The monoisotopic (exact) mass is 305 g/mol. The van der Waals surface area contributed by atoms with Crippen molar-refractivity contribution in [1.29, 1.82) is 0 Å². The molecule has 0 saturated carbocycles. The second-order valence-electron chi connectivity index (χ2n) is 4.39. The summed E-state index contributed by atoms with van der Waals surface area (Å²) in [7, 11) is -3.11. The summed E-state index contributed by atoms with van der Waals surface area (Å²) in [6.45, 7) is 3.93. The summed E-state index contributed by atoms with van der Waals surface area (Å²) < 4.78 is 22.0. The van der Waals surface area contributed by atoms with Gasteiger partial charge in [0.15, 0.2) is 5.13 Å². The lowest BCUT2D eigenvalue weighted by atomic mass is 10.2. The molecule has 0 saturated heterocycles. The summed E-state index contributed by atoms with van der Waals surface area (Å²) in [5, 5.41) is 3.13. The third-order valence-corrected chi connectivity index (χ3v) is 4.50. The molecule has 6 nitrogen and oxygen atoms in total. The molecule has 1 heterocycles. The zero-order chi connectivity index (χ0) is 14.6. The number of aromatic nitrogens is 1. The van der Waals surface area contributed by atoms with Crippen LogP contribution in [-0.4, -0.2) is 37.4 Å². The first-order chi connectivity index (χ1) is 8.73. The highest BCUT2D eigenvalue weighted by Crippen LogP contribution is 2.22. The largest absolute Gasteiger partial charge is 0.320 e. The zero-order valence-corrected chi connectivity index (χ0v) is 12.9. The number of nitrogens with one attached hydrogen (secondary N) is 1. The van der Waals surface area contributed by atoms with E-state index in [9.17, 15) is 13.2 Å². The fourth-order valence-corrected chi connectivity index (χ4v) is 3.07. The average molecular weight is 305 g/mol. The number of sulfone groups is 1. The molecule has 108 valence electrons. The predicted octanol–water partition coefficient (Wildman–Crippen LogP) is 0.714. The number of carbonyl (C=O) groups excluding carboxylic acids is 1. The van der Waals surface area contributed by atoms with Crippen LogP contribution >= 0.6 is 11.3 Å². The molecule has 0 bridgehead atoms. The Kier molecular flexibility index (Phi) is 5.45. The maximum atomic E-state index is 11.8. The third-order valence-electron chi connectivity index (χ3n) is 2.59. The van der Waals surface area contributed by atoms with Crippen LogP contribution in [0.5, 0.6) is 0 Å². The normalized spacial score (nSPS) is 13.3. The molecule has 8 heteroatoms. The fourth-order valence-electron chi connectivity index (χ4n) is 1.48. The molecule has 0 radical (unpaired) electrons. The number of thiazole rings is 1. The molecule has 1 amide bonds. The number of anilines is 1. The Morgan fingerprint density at radius 1 is 1.53 bits per heavy atom. The quantitative estimate of drug-likeness (QED) is 0.806. The summed E-state index contributed by atoms with van der Waals surface area (Å²) in [5.74, 6) is -0.501. The fraction of sp³-hybridized carbons (Fsp3) is 0.636. The standard InChI is InChI=1S/C11H19N3O3S2/c1-4-9-7(2)18-11(13-9)14-10(15)8(12)5-6-19(3,16)17/h8H,4-6,12H2,1-3H3,(H,13,14,15). The first-order valence-electron chi connectivity index (χ1n) is 5.93. The Balaban J connectivity index is 2.58. The second-order valence-corrected chi connectivity index (χ2v) is 7.85. The van der Waals surface area contributed by atoms with E-state index >= 15 is 0 Å². The minimum atomic E-state index is -3.11. The highest BCUT2D eigenvalue weighted by Gasteiger charge is 2.17. The van der Waals surface area contributed by atoms with Crippen LogP contribution in [0, 0.1) is 6.92 Å². The van der Waals surface area contributed by atoms with Crippen LogP contribution < -0.4 is 11.1 Å². The van der Waals surface area contributed by atoms with E-state index in [2.05, 4.69) is 10.3 Å².